The second kappa shape index (κ2) is 5.68. The van der Waals surface area contributed by atoms with Crippen molar-refractivity contribution in [2.75, 3.05) is 0 Å². The number of aromatic amines is 1. The molecule has 1 aliphatic carbocycles. The van der Waals surface area contributed by atoms with Gasteiger partial charge in [0.1, 0.15) is 0 Å². The summed E-state index contributed by atoms with van der Waals surface area (Å²) in [7, 11) is 0. The van der Waals surface area contributed by atoms with Gasteiger partial charge >= 0.3 is 0 Å². The van der Waals surface area contributed by atoms with Crippen molar-refractivity contribution < 1.29 is 0 Å². The van der Waals surface area contributed by atoms with E-state index in [4.69, 9.17) is 12.2 Å². The predicted molar refractivity (Wildman–Crippen MR) is 85.4 cm³/mol. The summed E-state index contributed by atoms with van der Waals surface area (Å²) >= 11 is 5.48. The highest BCUT2D eigenvalue weighted by atomic mass is 32.1. The van der Waals surface area contributed by atoms with Crippen LogP contribution in [0.25, 0.3) is 11.2 Å². The van der Waals surface area contributed by atoms with Crippen molar-refractivity contribution in [1.82, 2.24) is 14.5 Å². The van der Waals surface area contributed by atoms with Crippen LogP contribution >= 0.6 is 12.2 Å². The summed E-state index contributed by atoms with van der Waals surface area (Å²) in [6.45, 7) is 5.39. The SMILES string of the molecule is CCC1CCC(Cn2c(=S)[nH]c3cc(C)cnc32)CC1. The lowest BCUT2D eigenvalue weighted by atomic mass is 9.81. The summed E-state index contributed by atoms with van der Waals surface area (Å²) < 4.78 is 3.01. The first-order valence-corrected chi connectivity index (χ1v) is 8.13. The summed E-state index contributed by atoms with van der Waals surface area (Å²) in [5.74, 6) is 1.70. The lowest BCUT2D eigenvalue weighted by Crippen LogP contribution is -2.19. The molecular weight excluding hydrogens is 266 g/mol. The highest BCUT2D eigenvalue weighted by Crippen LogP contribution is 2.32. The van der Waals surface area contributed by atoms with E-state index in [1.165, 1.54) is 37.7 Å². The molecule has 108 valence electrons. The third kappa shape index (κ3) is 2.66. The molecule has 3 nitrogen and oxygen atoms in total. The Balaban J connectivity index is 1.81. The van der Waals surface area contributed by atoms with Crippen LogP contribution in [0.4, 0.5) is 0 Å². The molecular formula is C16H23N3S. The first-order chi connectivity index (χ1) is 9.67. The van der Waals surface area contributed by atoms with E-state index in [1.54, 1.807) is 0 Å². The zero-order chi connectivity index (χ0) is 14.1. The Labute approximate surface area is 125 Å². The van der Waals surface area contributed by atoms with E-state index in [0.29, 0.717) is 0 Å². The molecule has 0 amide bonds. The number of fused-ring (bicyclic) bond motifs is 1. The predicted octanol–water partition coefficient (Wildman–Crippen LogP) is 4.62. The van der Waals surface area contributed by atoms with Gasteiger partial charge in [-0.05, 0) is 55.4 Å². The van der Waals surface area contributed by atoms with Crippen molar-refractivity contribution in [2.45, 2.75) is 52.5 Å². The van der Waals surface area contributed by atoms with Gasteiger partial charge in [-0.3, -0.25) is 0 Å². The fourth-order valence-corrected chi connectivity index (χ4v) is 3.67. The standard InChI is InChI=1S/C16H23N3S/c1-3-12-4-6-13(7-5-12)10-19-15-14(18-16(19)20)8-11(2)9-17-15/h8-9,12-13H,3-7,10H2,1-2H3,(H,18,20). The largest absolute Gasteiger partial charge is 0.329 e. The molecule has 1 fully saturated rings. The average Bonchev–Trinajstić information content (AvgIpc) is 2.75. The van der Waals surface area contributed by atoms with Gasteiger partial charge in [0.05, 0.1) is 5.52 Å². The summed E-state index contributed by atoms with van der Waals surface area (Å²) in [5, 5.41) is 0. The van der Waals surface area contributed by atoms with E-state index in [1.807, 2.05) is 6.20 Å². The van der Waals surface area contributed by atoms with E-state index >= 15 is 0 Å². The van der Waals surface area contributed by atoms with Gasteiger partial charge in [0.2, 0.25) is 0 Å². The Morgan fingerprint density at radius 3 is 2.70 bits per heavy atom. The minimum absolute atomic E-state index is 0.756. The van der Waals surface area contributed by atoms with Gasteiger partial charge in [-0.1, -0.05) is 26.2 Å². The quantitative estimate of drug-likeness (QED) is 0.837. The second-order valence-corrected chi connectivity index (χ2v) is 6.61. The fraction of sp³-hybridized carbons (Fsp3) is 0.625. The number of rotatable bonds is 3. The third-order valence-electron chi connectivity index (χ3n) is 4.73. The van der Waals surface area contributed by atoms with Crippen molar-refractivity contribution in [3.63, 3.8) is 0 Å². The van der Waals surface area contributed by atoms with Crippen LogP contribution in [-0.2, 0) is 6.54 Å². The van der Waals surface area contributed by atoms with Crippen LogP contribution in [0.5, 0.6) is 0 Å². The molecule has 20 heavy (non-hydrogen) atoms. The maximum atomic E-state index is 5.48. The highest BCUT2D eigenvalue weighted by molar-refractivity contribution is 7.71. The second-order valence-electron chi connectivity index (χ2n) is 6.22. The Morgan fingerprint density at radius 2 is 2.00 bits per heavy atom. The van der Waals surface area contributed by atoms with Crippen LogP contribution in [0.1, 0.15) is 44.6 Å². The van der Waals surface area contributed by atoms with E-state index in [0.717, 1.165) is 34.3 Å². The van der Waals surface area contributed by atoms with Crippen molar-refractivity contribution in [3.05, 3.63) is 22.6 Å². The van der Waals surface area contributed by atoms with Gasteiger partial charge in [0.15, 0.2) is 10.4 Å². The van der Waals surface area contributed by atoms with E-state index in [9.17, 15) is 0 Å². The molecule has 0 unspecified atom stereocenters. The highest BCUT2D eigenvalue weighted by Gasteiger charge is 2.21. The fourth-order valence-electron chi connectivity index (χ4n) is 3.40. The van der Waals surface area contributed by atoms with Crippen LogP contribution in [0.15, 0.2) is 12.3 Å². The molecule has 2 aromatic rings. The van der Waals surface area contributed by atoms with Crippen LogP contribution < -0.4 is 0 Å². The molecule has 0 atom stereocenters. The number of H-pyrrole nitrogens is 1. The summed E-state index contributed by atoms with van der Waals surface area (Å²) in [5.41, 5.74) is 3.25. The van der Waals surface area contributed by atoms with Gasteiger partial charge in [-0.2, -0.15) is 0 Å². The van der Waals surface area contributed by atoms with Gasteiger partial charge in [-0.25, -0.2) is 4.98 Å². The van der Waals surface area contributed by atoms with Crippen molar-refractivity contribution in [1.29, 1.82) is 0 Å². The number of imidazole rings is 1. The number of aromatic nitrogens is 3. The first-order valence-electron chi connectivity index (χ1n) is 7.72. The number of nitrogens with zero attached hydrogens (tertiary/aromatic N) is 2. The Morgan fingerprint density at radius 1 is 1.30 bits per heavy atom. The summed E-state index contributed by atoms with van der Waals surface area (Å²) in [6.07, 6.45) is 8.68. The number of nitrogens with one attached hydrogen (secondary N) is 1. The third-order valence-corrected chi connectivity index (χ3v) is 5.05. The smallest absolute Gasteiger partial charge is 0.179 e. The van der Waals surface area contributed by atoms with E-state index < -0.39 is 0 Å². The molecule has 1 N–H and O–H groups in total. The van der Waals surface area contributed by atoms with Gasteiger partial charge in [0.25, 0.3) is 0 Å². The lowest BCUT2D eigenvalue weighted by Gasteiger charge is -2.28. The van der Waals surface area contributed by atoms with Crippen LogP contribution in [0.2, 0.25) is 0 Å². The molecule has 1 saturated carbocycles. The molecule has 1 aliphatic rings. The maximum Gasteiger partial charge on any atom is 0.179 e. The first kappa shape index (κ1) is 13.8. The molecule has 0 spiro atoms. The van der Waals surface area contributed by atoms with Crippen LogP contribution in [-0.4, -0.2) is 14.5 Å². The monoisotopic (exact) mass is 289 g/mol. The Hall–Kier alpha value is -1.16. The Bertz CT molecular complexity index is 647. The zero-order valence-electron chi connectivity index (χ0n) is 12.4. The number of aryl methyl sites for hydroxylation is 1. The topological polar surface area (TPSA) is 33.6 Å². The molecule has 3 rings (SSSR count). The molecule has 2 heterocycles. The number of pyridine rings is 1. The molecule has 0 bridgehead atoms. The molecule has 0 aromatic carbocycles. The van der Waals surface area contributed by atoms with Crippen LogP contribution in [0, 0.1) is 23.5 Å². The molecule has 0 aliphatic heterocycles. The maximum absolute atomic E-state index is 5.48. The van der Waals surface area contributed by atoms with Gasteiger partial charge in [-0.15, -0.1) is 0 Å². The molecule has 0 saturated heterocycles. The lowest BCUT2D eigenvalue weighted by molar-refractivity contribution is 0.248. The van der Waals surface area contributed by atoms with Crippen molar-refractivity contribution in [2.24, 2.45) is 11.8 Å². The van der Waals surface area contributed by atoms with Crippen LogP contribution in [0.3, 0.4) is 0 Å². The minimum atomic E-state index is 0.756. The molecule has 2 aromatic heterocycles. The normalized spacial score (nSPS) is 23.3. The van der Waals surface area contributed by atoms with Crippen molar-refractivity contribution in [3.8, 4) is 0 Å². The average molecular weight is 289 g/mol. The molecule has 0 radical (unpaired) electrons. The molecule has 4 heteroatoms. The summed E-state index contributed by atoms with van der Waals surface area (Å²) in [4.78, 5) is 7.86. The number of hydrogen-bond acceptors (Lipinski definition) is 2. The van der Waals surface area contributed by atoms with Crippen molar-refractivity contribution >= 4 is 23.4 Å². The van der Waals surface area contributed by atoms with Gasteiger partial charge < -0.3 is 9.55 Å². The minimum Gasteiger partial charge on any atom is -0.329 e. The van der Waals surface area contributed by atoms with E-state index in [-0.39, 0.29) is 0 Å². The number of hydrogen-bond donors (Lipinski definition) is 1. The van der Waals surface area contributed by atoms with E-state index in [2.05, 4.69) is 34.4 Å². The van der Waals surface area contributed by atoms with Gasteiger partial charge in [0, 0.05) is 12.7 Å². The Kier molecular flexibility index (Phi) is 3.92. The summed E-state index contributed by atoms with van der Waals surface area (Å²) in [6, 6.07) is 2.13. The zero-order valence-corrected chi connectivity index (χ0v) is 13.2.